The van der Waals surface area contributed by atoms with Gasteiger partial charge in [0.05, 0.1) is 17.6 Å². The molecule has 18 heavy (non-hydrogen) atoms. The van der Waals surface area contributed by atoms with Crippen LogP contribution in [-0.4, -0.2) is 27.8 Å². The summed E-state index contributed by atoms with van der Waals surface area (Å²) in [7, 11) is 0. The summed E-state index contributed by atoms with van der Waals surface area (Å²) in [6, 6.07) is 6.21. The van der Waals surface area contributed by atoms with Crippen LogP contribution in [0.4, 0.5) is 5.95 Å². The summed E-state index contributed by atoms with van der Waals surface area (Å²) in [6.45, 7) is 7.96. The van der Waals surface area contributed by atoms with Gasteiger partial charge < -0.3 is 15.0 Å². The Hall–Kier alpha value is -1.55. The standard InChI is InChI=1S/C14H21N3O/c1-10(2)9-15-14-16-12-8-11(3)4-5-13(12)17(14)6-7-18/h4-5,8,10,18H,6-7,9H2,1-3H3,(H,15,16). The molecule has 2 N–H and O–H groups in total. The van der Waals surface area contributed by atoms with E-state index in [-0.39, 0.29) is 6.61 Å². The van der Waals surface area contributed by atoms with Crippen LogP contribution in [0.15, 0.2) is 18.2 Å². The lowest BCUT2D eigenvalue weighted by molar-refractivity contribution is 0.278. The number of aliphatic hydroxyl groups is 1. The smallest absolute Gasteiger partial charge is 0.203 e. The second kappa shape index (κ2) is 5.40. The van der Waals surface area contributed by atoms with E-state index in [1.165, 1.54) is 5.56 Å². The molecule has 1 heterocycles. The molecule has 2 aromatic rings. The Kier molecular flexibility index (Phi) is 3.87. The van der Waals surface area contributed by atoms with Gasteiger partial charge in [0, 0.05) is 13.1 Å². The van der Waals surface area contributed by atoms with Crippen LogP contribution in [0.1, 0.15) is 19.4 Å². The van der Waals surface area contributed by atoms with Crippen molar-refractivity contribution in [3.63, 3.8) is 0 Å². The summed E-state index contributed by atoms with van der Waals surface area (Å²) < 4.78 is 2.04. The Morgan fingerprint density at radius 1 is 1.39 bits per heavy atom. The summed E-state index contributed by atoms with van der Waals surface area (Å²) >= 11 is 0. The Morgan fingerprint density at radius 2 is 2.17 bits per heavy atom. The summed E-state index contributed by atoms with van der Waals surface area (Å²) in [5, 5.41) is 12.5. The molecule has 0 aliphatic heterocycles. The first-order chi connectivity index (χ1) is 8.61. The van der Waals surface area contributed by atoms with Crippen molar-refractivity contribution in [3.05, 3.63) is 23.8 Å². The van der Waals surface area contributed by atoms with Gasteiger partial charge >= 0.3 is 0 Å². The minimum Gasteiger partial charge on any atom is -0.395 e. The molecule has 4 nitrogen and oxygen atoms in total. The Balaban J connectivity index is 2.40. The van der Waals surface area contributed by atoms with Crippen molar-refractivity contribution in [3.8, 4) is 0 Å². The van der Waals surface area contributed by atoms with Gasteiger partial charge in [0.25, 0.3) is 0 Å². The molecule has 0 spiro atoms. The lowest BCUT2D eigenvalue weighted by Crippen LogP contribution is -2.14. The first kappa shape index (κ1) is 12.9. The molecule has 0 bridgehead atoms. The van der Waals surface area contributed by atoms with E-state index < -0.39 is 0 Å². The largest absolute Gasteiger partial charge is 0.395 e. The second-order valence-electron chi connectivity index (χ2n) is 5.08. The second-order valence-corrected chi connectivity index (χ2v) is 5.08. The first-order valence-electron chi connectivity index (χ1n) is 6.43. The van der Waals surface area contributed by atoms with Crippen molar-refractivity contribution in [1.29, 1.82) is 0 Å². The minimum absolute atomic E-state index is 0.121. The summed E-state index contributed by atoms with van der Waals surface area (Å²) in [5.41, 5.74) is 3.25. The van der Waals surface area contributed by atoms with Crippen LogP contribution in [-0.2, 0) is 6.54 Å². The fourth-order valence-electron chi connectivity index (χ4n) is 2.00. The van der Waals surface area contributed by atoms with E-state index in [4.69, 9.17) is 0 Å². The van der Waals surface area contributed by atoms with Gasteiger partial charge in [0.1, 0.15) is 0 Å². The average molecular weight is 247 g/mol. The molecular formula is C14H21N3O. The van der Waals surface area contributed by atoms with Gasteiger partial charge in [-0.15, -0.1) is 0 Å². The predicted octanol–water partition coefficient (Wildman–Crippen LogP) is 2.40. The SMILES string of the molecule is Cc1ccc2c(c1)nc(NCC(C)C)n2CCO. The van der Waals surface area contributed by atoms with E-state index in [2.05, 4.69) is 49.3 Å². The van der Waals surface area contributed by atoms with E-state index >= 15 is 0 Å². The molecule has 1 aromatic heterocycles. The van der Waals surface area contributed by atoms with E-state index in [9.17, 15) is 5.11 Å². The summed E-state index contributed by atoms with van der Waals surface area (Å²) in [5.74, 6) is 1.41. The van der Waals surface area contributed by atoms with Gasteiger partial charge in [0.15, 0.2) is 0 Å². The number of aromatic nitrogens is 2. The third kappa shape index (κ3) is 2.64. The molecule has 98 valence electrons. The Bertz CT molecular complexity index is 531. The van der Waals surface area contributed by atoms with Crippen molar-refractivity contribution in [2.75, 3.05) is 18.5 Å². The van der Waals surface area contributed by atoms with Gasteiger partial charge in [0.2, 0.25) is 5.95 Å². The molecule has 0 aliphatic rings. The molecule has 0 atom stereocenters. The third-order valence-electron chi connectivity index (χ3n) is 2.90. The molecular weight excluding hydrogens is 226 g/mol. The van der Waals surface area contributed by atoms with Crippen LogP contribution >= 0.6 is 0 Å². The average Bonchev–Trinajstić information content (AvgIpc) is 2.64. The fraction of sp³-hybridized carbons (Fsp3) is 0.500. The predicted molar refractivity (Wildman–Crippen MR) is 74.9 cm³/mol. The van der Waals surface area contributed by atoms with E-state index in [0.29, 0.717) is 12.5 Å². The molecule has 0 saturated heterocycles. The highest BCUT2D eigenvalue weighted by molar-refractivity contribution is 5.79. The molecule has 4 heteroatoms. The van der Waals surface area contributed by atoms with Crippen LogP contribution in [0.3, 0.4) is 0 Å². The maximum absolute atomic E-state index is 9.18. The number of anilines is 1. The van der Waals surface area contributed by atoms with Crippen LogP contribution in [0, 0.1) is 12.8 Å². The zero-order valence-corrected chi connectivity index (χ0v) is 11.3. The molecule has 2 rings (SSSR count). The van der Waals surface area contributed by atoms with E-state index in [1.807, 2.05) is 4.57 Å². The van der Waals surface area contributed by atoms with Crippen molar-refractivity contribution in [2.45, 2.75) is 27.3 Å². The van der Waals surface area contributed by atoms with Gasteiger partial charge in [-0.3, -0.25) is 0 Å². The number of imidazole rings is 1. The number of fused-ring (bicyclic) bond motifs is 1. The molecule has 0 aliphatic carbocycles. The van der Waals surface area contributed by atoms with Crippen molar-refractivity contribution in [2.24, 2.45) is 5.92 Å². The Morgan fingerprint density at radius 3 is 2.83 bits per heavy atom. The molecule has 0 fully saturated rings. The normalized spacial score (nSPS) is 11.4. The topological polar surface area (TPSA) is 50.1 Å². The zero-order valence-electron chi connectivity index (χ0n) is 11.3. The highest BCUT2D eigenvalue weighted by Crippen LogP contribution is 2.21. The van der Waals surface area contributed by atoms with Crippen LogP contribution in [0.2, 0.25) is 0 Å². The lowest BCUT2D eigenvalue weighted by Gasteiger charge is -2.10. The van der Waals surface area contributed by atoms with Gasteiger partial charge in [-0.05, 0) is 30.5 Å². The minimum atomic E-state index is 0.121. The number of nitrogens with zero attached hydrogens (tertiary/aromatic N) is 2. The van der Waals surface area contributed by atoms with Crippen LogP contribution in [0.5, 0.6) is 0 Å². The van der Waals surface area contributed by atoms with Gasteiger partial charge in [-0.25, -0.2) is 4.98 Å². The van der Waals surface area contributed by atoms with Crippen molar-refractivity contribution in [1.82, 2.24) is 9.55 Å². The van der Waals surface area contributed by atoms with E-state index in [1.54, 1.807) is 0 Å². The third-order valence-corrected chi connectivity index (χ3v) is 2.90. The van der Waals surface area contributed by atoms with E-state index in [0.717, 1.165) is 23.5 Å². The fourth-order valence-corrected chi connectivity index (χ4v) is 2.00. The molecule has 0 amide bonds. The van der Waals surface area contributed by atoms with Crippen molar-refractivity contribution < 1.29 is 5.11 Å². The monoisotopic (exact) mass is 247 g/mol. The van der Waals surface area contributed by atoms with Crippen LogP contribution in [0.25, 0.3) is 11.0 Å². The summed E-state index contributed by atoms with van der Waals surface area (Å²) in [6.07, 6.45) is 0. The number of aryl methyl sites for hydroxylation is 1. The number of hydrogen-bond acceptors (Lipinski definition) is 3. The lowest BCUT2D eigenvalue weighted by atomic mass is 10.2. The number of benzene rings is 1. The maximum atomic E-state index is 9.18. The number of rotatable bonds is 5. The number of nitrogens with one attached hydrogen (secondary N) is 1. The molecule has 0 unspecified atom stereocenters. The quantitative estimate of drug-likeness (QED) is 0.853. The molecule has 0 radical (unpaired) electrons. The zero-order chi connectivity index (χ0) is 13.1. The number of hydrogen-bond donors (Lipinski definition) is 2. The highest BCUT2D eigenvalue weighted by atomic mass is 16.3. The highest BCUT2D eigenvalue weighted by Gasteiger charge is 2.10. The van der Waals surface area contributed by atoms with Gasteiger partial charge in [-0.1, -0.05) is 19.9 Å². The maximum Gasteiger partial charge on any atom is 0.203 e. The molecule has 1 aromatic carbocycles. The summed E-state index contributed by atoms with van der Waals surface area (Å²) in [4.78, 5) is 4.60. The molecule has 0 saturated carbocycles. The van der Waals surface area contributed by atoms with Crippen LogP contribution < -0.4 is 5.32 Å². The first-order valence-corrected chi connectivity index (χ1v) is 6.43. The van der Waals surface area contributed by atoms with Crippen molar-refractivity contribution >= 4 is 17.0 Å². The van der Waals surface area contributed by atoms with Gasteiger partial charge in [-0.2, -0.15) is 0 Å². The Labute approximate surface area is 108 Å². The number of aliphatic hydroxyl groups excluding tert-OH is 1.